The first kappa shape index (κ1) is 12.2. The van der Waals surface area contributed by atoms with Crippen molar-refractivity contribution in [3.63, 3.8) is 0 Å². The van der Waals surface area contributed by atoms with E-state index in [9.17, 15) is 0 Å². The van der Waals surface area contributed by atoms with E-state index in [1.54, 1.807) is 0 Å². The Hall–Kier alpha value is -0.860. The summed E-state index contributed by atoms with van der Waals surface area (Å²) in [7, 11) is 0. The van der Waals surface area contributed by atoms with Crippen molar-refractivity contribution in [2.75, 3.05) is 6.54 Å². The van der Waals surface area contributed by atoms with Crippen molar-refractivity contribution >= 4 is 0 Å². The summed E-state index contributed by atoms with van der Waals surface area (Å²) in [6.45, 7) is 8.16. The fourth-order valence-corrected chi connectivity index (χ4v) is 1.63. The molecule has 0 radical (unpaired) electrons. The maximum absolute atomic E-state index is 5.51. The first-order valence-corrected chi connectivity index (χ1v) is 5.63. The van der Waals surface area contributed by atoms with Crippen LogP contribution in [0.4, 0.5) is 0 Å². The van der Waals surface area contributed by atoms with Crippen molar-refractivity contribution in [3.05, 3.63) is 34.9 Å². The molecule has 0 amide bonds. The number of benzene rings is 1. The van der Waals surface area contributed by atoms with Crippen molar-refractivity contribution in [3.8, 4) is 0 Å². The van der Waals surface area contributed by atoms with Gasteiger partial charge in [0.1, 0.15) is 0 Å². The van der Waals surface area contributed by atoms with E-state index in [1.165, 1.54) is 16.7 Å². The first-order chi connectivity index (χ1) is 7.13. The van der Waals surface area contributed by atoms with Gasteiger partial charge in [-0.15, -0.1) is 0 Å². The van der Waals surface area contributed by atoms with E-state index in [0.29, 0.717) is 6.04 Å². The van der Waals surface area contributed by atoms with Gasteiger partial charge in [0.05, 0.1) is 0 Å². The largest absolute Gasteiger partial charge is 0.330 e. The molecule has 0 aliphatic heterocycles. The van der Waals surface area contributed by atoms with E-state index in [1.807, 2.05) is 0 Å². The Labute approximate surface area is 92.9 Å². The average Bonchev–Trinajstić information content (AvgIpc) is 2.20. The summed E-state index contributed by atoms with van der Waals surface area (Å²) in [6, 6.07) is 7.08. The van der Waals surface area contributed by atoms with Gasteiger partial charge in [0.2, 0.25) is 0 Å². The molecule has 1 rings (SSSR count). The van der Waals surface area contributed by atoms with Crippen LogP contribution in [0, 0.1) is 13.8 Å². The van der Waals surface area contributed by atoms with Gasteiger partial charge in [-0.25, -0.2) is 0 Å². The van der Waals surface area contributed by atoms with Gasteiger partial charge in [-0.3, -0.25) is 0 Å². The molecule has 1 aromatic rings. The fraction of sp³-hybridized carbons (Fsp3) is 0.538. The third-order valence-electron chi connectivity index (χ3n) is 2.75. The average molecular weight is 206 g/mol. The Bertz CT molecular complexity index is 307. The van der Waals surface area contributed by atoms with Crippen LogP contribution in [0.3, 0.4) is 0 Å². The Kier molecular flexibility index (Phi) is 4.79. The van der Waals surface area contributed by atoms with Gasteiger partial charge >= 0.3 is 0 Å². The van der Waals surface area contributed by atoms with Crippen LogP contribution in [0.15, 0.2) is 18.2 Å². The minimum atomic E-state index is 0.495. The maximum Gasteiger partial charge on any atom is 0.0210 e. The van der Waals surface area contributed by atoms with Crippen molar-refractivity contribution < 1.29 is 0 Å². The molecule has 0 spiro atoms. The lowest BCUT2D eigenvalue weighted by Gasteiger charge is -2.14. The molecular weight excluding hydrogens is 184 g/mol. The molecule has 0 fully saturated rings. The second kappa shape index (κ2) is 5.89. The maximum atomic E-state index is 5.51. The molecule has 84 valence electrons. The van der Waals surface area contributed by atoms with Crippen molar-refractivity contribution in [1.29, 1.82) is 0 Å². The zero-order valence-corrected chi connectivity index (χ0v) is 10.0. The second-order valence-corrected chi connectivity index (χ2v) is 4.29. The molecule has 0 saturated heterocycles. The zero-order chi connectivity index (χ0) is 11.3. The van der Waals surface area contributed by atoms with Crippen LogP contribution in [0.25, 0.3) is 0 Å². The number of hydrogen-bond donors (Lipinski definition) is 2. The summed E-state index contributed by atoms with van der Waals surface area (Å²) in [5, 5.41) is 3.49. The van der Waals surface area contributed by atoms with Gasteiger partial charge in [-0.1, -0.05) is 23.8 Å². The summed E-state index contributed by atoms with van der Waals surface area (Å²) in [5.74, 6) is 0. The normalized spacial score (nSPS) is 12.8. The van der Waals surface area contributed by atoms with Crippen LogP contribution >= 0.6 is 0 Å². The molecule has 0 bridgehead atoms. The number of hydrogen-bond acceptors (Lipinski definition) is 2. The number of nitrogens with two attached hydrogens (primary N) is 1. The quantitative estimate of drug-likeness (QED) is 0.774. The van der Waals surface area contributed by atoms with E-state index < -0.39 is 0 Å². The minimum absolute atomic E-state index is 0.495. The fourth-order valence-electron chi connectivity index (χ4n) is 1.63. The molecule has 3 N–H and O–H groups in total. The summed E-state index contributed by atoms with van der Waals surface area (Å²) >= 11 is 0. The molecule has 1 atom stereocenters. The van der Waals surface area contributed by atoms with E-state index in [0.717, 1.165) is 19.5 Å². The van der Waals surface area contributed by atoms with E-state index in [4.69, 9.17) is 5.73 Å². The van der Waals surface area contributed by atoms with Crippen LogP contribution in [-0.2, 0) is 6.54 Å². The van der Waals surface area contributed by atoms with Gasteiger partial charge in [0.25, 0.3) is 0 Å². The Morgan fingerprint density at radius 3 is 2.73 bits per heavy atom. The molecule has 2 heteroatoms. The summed E-state index contributed by atoms with van der Waals surface area (Å²) in [6.07, 6.45) is 1.03. The van der Waals surface area contributed by atoms with Gasteiger partial charge in [0.15, 0.2) is 0 Å². The van der Waals surface area contributed by atoms with Crippen LogP contribution in [0.5, 0.6) is 0 Å². The van der Waals surface area contributed by atoms with Gasteiger partial charge < -0.3 is 11.1 Å². The molecule has 15 heavy (non-hydrogen) atoms. The lowest BCUT2D eigenvalue weighted by Crippen LogP contribution is -2.28. The third-order valence-corrected chi connectivity index (χ3v) is 2.75. The third kappa shape index (κ3) is 4.02. The van der Waals surface area contributed by atoms with Gasteiger partial charge in [0, 0.05) is 12.6 Å². The van der Waals surface area contributed by atoms with Gasteiger partial charge in [-0.2, -0.15) is 0 Å². The molecule has 0 aliphatic carbocycles. The Morgan fingerprint density at radius 1 is 1.33 bits per heavy atom. The Morgan fingerprint density at radius 2 is 2.07 bits per heavy atom. The summed E-state index contributed by atoms with van der Waals surface area (Å²) in [4.78, 5) is 0. The summed E-state index contributed by atoms with van der Waals surface area (Å²) < 4.78 is 0. The van der Waals surface area contributed by atoms with E-state index in [-0.39, 0.29) is 0 Å². The highest BCUT2D eigenvalue weighted by Crippen LogP contribution is 2.10. The molecule has 0 aliphatic rings. The molecule has 0 saturated carbocycles. The molecule has 1 aromatic carbocycles. The van der Waals surface area contributed by atoms with Crippen LogP contribution in [0.2, 0.25) is 0 Å². The van der Waals surface area contributed by atoms with E-state index >= 15 is 0 Å². The van der Waals surface area contributed by atoms with Crippen molar-refractivity contribution in [2.45, 2.75) is 39.8 Å². The molecule has 0 heterocycles. The number of rotatable bonds is 5. The SMILES string of the molecule is Cc1ccc(C)c(CNC(C)CCN)c1. The number of nitrogens with one attached hydrogen (secondary N) is 1. The zero-order valence-electron chi connectivity index (χ0n) is 10.0. The molecular formula is C13H22N2. The topological polar surface area (TPSA) is 38.0 Å². The monoisotopic (exact) mass is 206 g/mol. The lowest BCUT2D eigenvalue weighted by molar-refractivity contribution is 0.519. The second-order valence-electron chi connectivity index (χ2n) is 4.29. The molecule has 0 aromatic heterocycles. The lowest BCUT2D eigenvalue weighted by atomic mass is 10.1. The highest BCUT2D eigenvalue weighted by atomic mass is 14.9. The Balaban J connectivity index is 2.53. The predicted molar refractivity (Wildman–Crippen MR) is 65.9 cm³/mol. The highest BCUT2D eigenvalue weighted by Gasteiger charge is 2.02. The number of aryl methyl sites for hydroxylation is 2. The minimum Gasteiger partial charge on any atom is -0.330 e. The van der Waals surface area contributed by atoms with E-state index in [2.05, 4.69) is 44.3 Å². The highest BCUT2D eigenvalue weighted by molar-refractivity contribution is 5.30. The predicted octanol–water partition coefficient (Wildman–Crippen LogP) is 2.13. The van der Waals surface area contributed by atoms with Crippen molar-refractivity contribution in [1.82, 2.24) is 5.32 Å². The van der Waals surface area contributed by atoms with Crippen LogP contribution in [0.1, 0.15) is 30.0 Å². The standard InChI is InChI=1S/C13H22N2/c1-10-4-5-11(2)13(8-10)9-15-12(3)6-7-14/h4-5,8,12,15H,6-7,9,14H2,1-3H3. The molecule has 2 nitrogen and oxygen atoms in total. The van der Waals surface area contributed by atoms with Crippen molar-refractivity contribution in [2.24, 2.45) is 5.73 Å². The van der Waals surface area contributed by atoms with Crippen LogP contribution in [-0.4, -0.2) is 12.6 Å². The van der Waals surface area contributed by atoms with Crippen LogP contribution < -0.4 is 11.1 Å². The molecule has 1 unspecified atom stereocenters. The van der Waals surface area contributed by atoms with Gasteiger partial charge in [-0.05, 0) is 44.9 Å². The first-order valence-electron chi connectivity index (χ1n) is 5.63. The summed E-state index contributed by atoms with van der Waals surface area (Å²) in [5.41, 5.74) is 9.58. The smallest absolute Gasteiger partial charge is 0.0210 e.